The highest BCUT2D eigenvalue weighted by molar-refractivity contribution is 6.84. The molecule has 4 aromatic carbocycles. The van der Waals surface area contributed by atoms with Crippen LogP contribution in [0.5, 0.6) is 0 Å². The quantitative estimate of drug-likeness (QED) is 0.135. The van der Waals surface area contributed by atoms with Gasteiger partial charge >= 0.3 is 27.4 Å². The Hall–Kier alpha value is -13.3. The van der Waals surface area contributed by atoms with Crippen LogP contribution in [0.25, 0.3) is 138 Å². The van der Waals surface area contributed by atoms with E-state index in [2.05, 4.69) is 378 Å². The first-order valence-corrected chi connectivity index (χ1v) is 37.4. The molecule has 0 bridgehead atoms. The maximum absolute atomic E-state index is 6.02. The Balaban J connectivity index is 0.000000108. The highest BCUT2D eigenvalue weighted by Gasteiger charge is 2.36. The van der Waals surface area contributed by atoms with Crippen molar-refractivity contribution in [3.63, 3.8) is 0 Å². The normalized spacial score (nSPS) is 13.3. The van der Waals surface area contributed by atoms with Crippen LogP contribution < -0.4 is 83.2 Å². The Morgan fingerprint density at radius 1 is 0.288 bits per heavy atom. The lowest BCUT2D eigenvalue weighted by molar-refractivity contribution is -0.654. The number of benzene rings is 4. The van der Waals surface area contributed by atoms with Crippen molar-refractivity contribution < 1.29 is 35.9 Å². The molecule has 0 amide bonds. The van der Waals surface area contributed by atoms with Crippen molar-refractivity contribution in [2.24, 2.45) is 28.2 Å². The Morgan fingerprint density at radius 3 is 1.04 bits per heavy atom. The van der Waals surface area contributed by atoms with E-state index in [9.17, 15) is 0 Å². The second-order valence-corrected chi connectivity index (χ2v) is 29.2. The van der Waals surface area contributed by atoms with E-state index in [-0.39, 0.29) is 27.4 Å². The molecule has 16 aromatic rings. The third-order valence-corrected chi connectivity index (χ3v) is 21.8. The average molecular weight is 1450 g/mol. The Kier molecular flexibility index (Phi) is 18.9. The highest BCUT2D eigenvalue weighted by atomic mass is 16.3. The van der Waals surface area contributed by atoms with E-state index in [0.29, 0.717) is 22.9 Å². The van der Waals surface area contributed by atoms with Gasteiger partial charge in [0.25, 0.3) is 0 Å². The lowest BCUT2D eigenvalue weighted by Crippen LogP contribution is -2.61. The number of rotatable bonds is 8. The molecule has 0 atom stereocenters. The molecule has 4 aliphatic rings. The zero-order valence-electron chi connectivity index (χ0n) is 64.1. The van der Waals surface area contributed by atoms with E-state index in [1.807, 2.05) is 30.3 Å². The van der Waals surface area contributed by atoms with Crippen LogP contribution in [0.3, 0.4) is 0 Å². The topological polar surface area (TPSA) is 133 Å². The number of nitrogens with zero attached hydrogens (tertiary/aromatic N) is 12. The van der Waals surface area contributed by atoms with Gasteiger partial charge in [-0.25, -0.2) is 38.2 Å². The number of fused-ring (bicyclic) bond motifs is 12. The van der Waals surface area contributed by atoms with Crippen molar-refractivity contribution in [1.29, 1.82) is 0 Å². The second kappa shape index (κ2) is 29.7. The molecule has 12 aromatic heterocycles. The van der Waals surface area contributed by atoms with Crippen LogP contribution in [-0.4, -0.2) is 94.8 Å². The maximum atomic E-state index is 6.02. The first kappa shape index (κ1) is 70.6. The van der Waals surface area contributed by atoms with Gasteiger partial charge in [0.15, 0.2) is 63.4 Å². The number of aryl methyl sites for hydroxylation is 7. The van der Waals surface area contributed by atoms with Gasteiger partial charge in [0, 0.05) is 133 Å². The predicted molar refractivity (Wildman–Crippen MR) is 448 cm³/mol. The van der Waals surface area contributed by atoms with Gasteiger partial charge in [0.1, 0.15) is 33.6 Å². The van der Waals surface area contributed by atoms with Gasteiger partial charge in [-0.05, 0) is 154 Å². The molecular weight excluding hydrogens is 1370 g/mol. The predicted octanol–water partition coefficient (Wildman–Crippen LogP) is 5.81. The van der Waals surface area contributed by atoms with Crippen LogP contribution in [0, 0.1) is 20.8 Å². The largest absolute Gasteiger partial charge is 0.439 e. The molecule has 16 nitrogen and oxygen atoms in total. The fourth-order valence-electron chi connectivity index (χ4n) is 16.0. The van der Waals surface area contributed by atoms with Crippen LogP contribution in [0.2, 0.25) is 0 Å². The first-order chi connectivity index (χ1) is 54.0. The molecule has 0 fully saturated rings. The van der Waals surface area contributed by atoms with Gasteiger partial charge < -0.3 is 36.9 Å². The van der Waals surface area contributed by atoms with E-state index in [1.165, 1.54) is 83.6 Å². The molecule has 16 heterocycles. The van der Waals surface area contributed by atoms with Crippen LogP contribution >= 0.6 is 0 Å². The Bertz CT molecular complexity index is 6840. The minimum atomic E-state index is 0.0987. The van der Waals surface area contributed by atoms with E-state index >= 15 is 0 Å². The number of hydrogen-bond acceptors (Lipinski definition) is 12. The fraction of sp³-hybridized carbons (Fsp3) is 0.121. The molecule has 538 valence electrons. The summed E-state index contributed by atoms with van der Waals surface area (Å²) in [6.45, 7) is 6.98. The minimum Gasteiger partial charge on any atom is -0.439 e. The SMILES string of the molecule is CN1C=c2oc3ncccc3c2=CB1c1cc(-c2ccccc2)cc[n+]1C.Cc1c[n+](C)c(B2C=c3c(oc4ncccc34)=CN2C)cc1-c1ccccc1.Cc1cc(B2C=c3c(oc4ncccc34)=CN2C)[n+](C)cc1-c1ccccc1.Cc1cc(B2C=c3oc4ncccc4c3=CN2C)[n+](C)cc1-c1ccccc1. The van der Waals surface area contributed by atoms with E-state index in [4.69, 9.17) is 17.7 Å². The Labute approximate surface area is 644 Å². The molecule has 0 unspecified atom stereocenters. The summed E-state index contributed by atoms with van der Waals surface area (Å²) in [5.41, 5.74) is 24.9. The van der Waals surface area contributed by atoms with Crippen molar-refractivity contribution >= 4 is 143 Å². The summed E-state index contributed by atoms with van der Waals surface area (Å²) < 4.78 is 32.7. The highest BCUT2D eigenvalue weighted by Crippen LogP contribution is 2.25. The summed E-state index contributed by atoms with van der Waals surface area (Å²) in [4.78, 5) is 26.2. The van der Waals surface area contributed by atoms with Crippen LogP contribution in [0.15, 0.2) is 267 Å². The van der Waals surface area contributed by atoms with Crippen LogP contribution in [0.4, 0.5) is 0 Å². The van der Waals surface area contributed by atoms with Crippen molar-refractivity contribution in [3.8, 4) is 44.5 Å². The number of furan rings is 4. The summed E-state index contributed by atoms with van der Waals surface area (Å²) in [6.07, 6.45) is 24.2. The average Bonchev–Trinajstić information content (AvgIpc) is 1.67. The van der Waals surface area contributed by atoms with Gasteiger partial charge in [-0.1, -0.05) is 139 Å². The standard InChI is InChI=1S/3C23H21BN3O.C22H19BN3O/c1-16-14-26(2)22(12-19(16)17-8-5-4-6-9-17)24-13-20-18-10-7-11-25-23(18)28-21(20)15-27(24)3;1-16-12-22(26(2)14-19(16)17-8-5-4-6-9-17)24-13-21-20(15-27(24)3)18-10-7-11-25-23(18)28-21;1-16-12-22(26(2)14-20(16)17-8-5-4-6-9-17)24-13-19-18-10-7-11-25-23(18)28-21(19)15-27(24)3;1-25-12-10-17(16-7-4-3-5-8-16)13-21(25)23-14-19-18-9-6-11-24-22(18)27-20(19)15-26(23)2/h3*4-15H,1-3H3;3-15H,1-2H3/q4*+1. The molecule has 0 spiro atoms. The molecule has 0 radical (unpaired) electrons. The number of aromatic nitrogens is 8. The summed E-state index contributed by atoms with van der Waals surface area (Å²) in [7, 11) is 16.8. The molecule has 0 N–H and O–H groups in total. The molecular formula is C91H82B4N12O4+4. The fourth-order valence-corrected chi connectivity index (χ4v) is 16.0. The molecule has 20 heteroatoms. The molecule has 0 aliphatic carbocycles. The second-order valence-electron chi connectivity index (χ2n) is 29.2. The lowest BCUT2D eigenvalue weighted by atomic mass is 9.55. The van der Waals surface area contributed by atoms with Gasteiger partial charge in [-0.3, -0.25) is 0 Å². The van der Waals surface area contributed by atoms with E-state index in [1.54, 1.807) is 24.8 Å². The van der Waals surface area contributed by atoms with E-state index < -0.39 is 0 Å². The number of hydrogen-bond donors (Lipinski definition) is 0. The van der Waals surface area contributed by atoms with E-state index in [0.717, 1.165) is 64.1 Å². The van der Waals surface area contributed by atoms with Gasteiger partial charge in [0.2, 0.25) is 22.9 Å². The van der Waals surface area contributed by atoms with Gasteiger partial charge in [-0.2, -0.15) is 0 Å². The molecule has 4 aliphatic heterocycles. The van der Waals surface area contributed by atoms with Crippen LogP contribution in [0.1, 0.15) is 16.7 Å². The van der Waals surface area contributed by atoms with Crippen molar-refractivity contribution in [3.05, 3.63) is 309 Å². The lowest BCUT2D eigenvalue weighted by Gasteiger charge is -2.21. The molecule has 0 saturated carbocycles. The third kappa shape index (κ3) is 13.7. The maximum Gasteiger partial charge on any atom is 0.399 e. The summed E-state index contributed by atoms with van der Waals surface area (Å²) in [6, 6.07) is 69.5. The Morgan fingerprint density at radius 2 is 0.622 bits per heavy atom. The van der Waals surface area contributed by atoms with Gasteiger partial charge in [0.05, 0.1) is 0 Å². The summed E-state index contributed by atoms with van der Waals surface area (Å²) in [5.74, 6) is 9.02. The molecule has 0 saturated heterocycles. The smallest absolute Gasteiger partial charge is 0.399 e. The third-order valence-electron chi connectivity index (χ3n) is 21.8. The van der Waals surface area contributed by atoms with Crippen molar-refractivity contribution in [1.82, 2.24) is 39.2 Å². The zero-order chi connectivity index (χ0) is 76.1. The molecule has 20 rings (SSSR count). The van der Waals surface area contributed by atoms with Crippen molar-refractivity contribution in [2.45, 2.75) is 20.8 Å². The van der Waals surface area contributed by atoms with Gasteiger partial charge in [-0.15, -0.1) is 0 Å². The molecule has 111 heavy (non-hydrogen) atoms. The monoisotopic (exact) mass is 1450 g/mol. The minimum absolute atomic E-state index is 0.0987. The summed E-state index contributed by atoms with van der Waals surface area (Å²) >= 11 is 0. The first-order valence-electron chi connectivity index (χ1n) is 37.4. The zero-order valence-corrected chi connectivity index (χ0v) is 64.1. The van der Waals surface area contributed by atoms with Crippen molar-refractivity contribution in [2.75, 3.05) is 28.2 Å². The van der Waals surface area contributed by atoms with Crippen LogP contribution in [-0.2, 0) is 28.2 Å². The number of pyridine rings is 8. The summed E-state index contributed by atoms with van der Waals surface area (Å²) in [5, 5.41) is 8.69.